The number of aromatic nitrogens is 1. The van der Waals surface area contributed by atoms with E-state index in [1.54, 1.807) is 7.11 Å². The van der Waals surface area contributed by atoms with E-state index in [4.69, 9.17) is 14.6 Å². The molecule has 0 saturated heterocycles. The molecule has 0 amide bonds. The number of aromatic carboxylic acids is 1. The zero-order valence-electron chi connectivity index (χ0n) is 10.4. The minimum Gasteiger partial charge on any atom is -0.496 e. The van der Waals surface area contributed by atoms with E-state index >= 15 is 0 Å². The Balaban J connectivity index is 2.10. The van der Waals surface area contributed by atoms with E-state index in [0.29, 0.717) is 5.75 Å². The van der Waals surface area contributed by atoms with Gasteiger partial charge in [-0.1, -0.05) is 18.2 Å². The Bertz CT molecular complexity index is 583. The van der Waals surface area contributed by atoms with Crippen LogP contribution in [0.4, 0.5) is 0 Å². The van der Waals surface area contributed by atoms with Gasteiger partial charge in [0.25, 0.3) is 0 Å². The topological polar surface area (TPSA) is 68.7 Å². The Morgan fingerprint density at radius 3 is 2.84 bits per heavy atom. The van der Waals surface area contributed by atoms with Gasteiger partial charge in [-0.2, -0.15) is 0 Å². The molecule has 2 rings (SSSR count). The van der Waals surface area contributed by atoms with Gasteiger partial charge in [-0.15, -0.1) is 0 Å². The standard InChI is InChI=1S/C14H13NO4/c1-18-13-5-3-2-4-10(13)9-19-12-6-11(14(16)17)7-15-8-12/h2-8H,9H2,1H3,(H,16,17). The predicted octanol–water partition coefficient (Wildman–Crippen LogP) is 2.37. The Morgan fingerprint density at radius 2 is 2.11 bits per heavy atom. The highest BCUT2D eigenvalue weighted by Crippen LogP contribution is 2.20. The number of hydrogen-bond acceptors (Lipinski definition) is 4. The minimum atomic E-state index is -1.03. The van der Waals surface area contributed by atoms with Gasteiger partial charge in [0.1, 0.15) is 18.1 Å². The molecule has 0 aliphatic carbocycles. The summed E-state index contributed by atoms with van der Waals surface area (Å²) in [7, 11) is 1.59. The van der Waals surface area contributed by atoms with Crippen LogP contribution < -0.4 is 9.47 Å². The molecule has 5 nitrogen and oxygen atoms in total. The van der Waals surface area contributed by atoms with Crippen LogP contribution in [0.25, 0.3) is 0 Å². The number of benzene rings is 1. The molecular weight excluding hydrogens is 246 g/mol. The maximum atomic E-state index is 10.8. The first-order valence-corrected chi connectivity index (χ1v) is 5.63. The summed E-state index contributed by atoms with van der Waals surface area (Å²) in [5, 5.41) is 8.86. The molecule has 1 aromatic carbocycles. The lowest BCUT2D eigenvalue weighted by molar-refractivity contribution is 0.0696. The van der Waals surface area contributed by atoms with Crippen LogP contribution in [0, 0.1) is 0 Å². The second kappa shape index (κ2) is 5.86. The van der Waals surface area contributed by atoms with Gasteiger partial charge in [0.05, 0.1) is 18.9 Å². The number of hydrogen-bond donors (Lipinski definition) is 1. The first-order chi connectivity index (χ1) is 9.20. The molecule has 0 unspecified atom stereocenters. The van der Waals surface area contributed by atoms with Gasteiger partial charge >= 0.3 is 5.97 Å². The molecule has 19 heavy (non-hydrogen) atoms. The van der Waals surface area contributed by atoms with Crippen LogP contribution in [0.2, 0.25) is 0 Å². The highest BCUT2D eigenvalue weighted by Gasteiger charge is 2.06. The number of carboxylic acids is 1. The lowest BCUT2D eigenvalue weighted by Gasteiger charge is -2.10. The van der Waals surface area contributed by atoms with Crippen LogP contribution in [-0.4, -0.2) is 23.2 Å². The van der Waals surface area contributed by atoms with Crippen LogP contribution in [-0.2, 0) is 6.61 Å². The smallest absolute Gasteiger partial charge is 0.337 e. The van der Waals surface area contributed by atoms with Gasteiger partial charge in [-0.3, -0.25) is 4.98 Å². The molecule has 0 atom stereocenters. The summed E-state index contributed by atoms with van der Waals surface area (Å²) >= 11 is 0. The molecule has 0 aliphatic heterocycles. The zero-order chi connectivity index (χ0) is 13.7. The molecule has 2 aromatic rings. The molecule has 98 valence electrons. The van der Waals surface area contributed by atoms with Crippen molar-refractivity contribution in [1.29, 1.82) is 0 Å². The van der Waals surface area contributed by atoms with E-state index in [9.17, 15) is 4.79 Å². The maximum Gasteiger partial charge on any atom is 0.337 e. The maximum absolute atomic E-state index is 10.8. The SMILES string of the molecule is COc1ccccc1COc1cncc(C(=O)O)c1. The van der Waals surface area contributed by atoms with Crippen LogP contribution in [0.5, 0.6) is 11.5 Å². The third-order valence-corrected chi connectivity index (χ3v) is 2.55. The first kappa shape index (κ1) is 12.9. The van der Waals surface area contributed by atoms with Crippen molar-refractivity contribution in [3.63, 3.8) is 0 Å². The van der Waals surface area contributed by atoms with Crippen molar-refractivity contribution >= 4 is 5.97 Å². The van der Waals surface area contributed by atoms with E-state index < -0.39 is 5.97 Å². The van der Waals surface area contributed by atoms with Crippen LogP contribution in [0.3, 0.4) is 0 Å². The number of nitrogens with zero attached hydrogens (tertiary/aromatic N) is 1. The Hall–Kier alpha value is -2.56. The number of para-hydroxylation sites is 1. The summed E-state index contributed by atoms with van der Waals surface area (Å²) < 4.78 is 10.7. The van der Waals surface area contributed by atoms with Crippen molar-refractivity contribution in [2.75, 3.05) is 7.11 Å². The molecule has 0 radical (unpaired) electrons. The average Bonchev–Trinajstić information content (AvgIpc) is 2.45. The van der Waals surface area contributed by atoms with Gasteiger partial charge in [-0.25, -0.2) is 4.79 Å². The molecule has 1 heterocycles. The number of methoxy groups -OCH3 is 1. The molecule has 5 heteroatoms. The quantitative estimate of drug-likeness (QED) is 0.892. The molecule has 0 bridgehead atoms. The third kappa shape index (κ3) is 3.22. The Morgan fingerprint density at radius 1 is 1.32 bits per heavy atom. The van der Waals surface area contributed by atoms with Crippen LogP contribution in [0.15, 0.2) is 42.7 Å². The van der Waals surface area contributed by atoms with Crippen LogP contribution in [0.1, 0.15) is 15.9 Å². The number of pyridine rings is 1. The van der Waals surface area contributed by atoms with Crippen molar-refractivity contribution in [2.24, 2.45) is 0 Å². The second-order valence-electron chi connectivity index (χ2n) is 3.81. The lowest BCUT2D eigenvalue weighted by Crippen LogP contribution is -2.01. The fourth-order valence-electron chi connectivity index (χ4n) is 1.60. The third-order valence-electron chi connectivity index (χ3n) is 2.55. The largest absolute Gasteiger partial charge is 0.496 e. The van der Waals surface area contributed by atoms with Crippen molar-refractivity contribution in [1.82, 2.24) is 4.98 Å². The lowest BCUT2D eigenvalue weighted by atomic mass is 10.2. The Kier molecular flexibility index (Phi) is 3.97. The molecule has 0 aliphatic rings. The van der Waals surface area contributed by atoms with E-state index in [-0.39, 0.29) is 12.2 Å². The highest BCUT2D eigenvalue weighted by molar-refractivity contribution is 5.87. The molecule has 1 N–H and O–H groups in total. The van der Waals surface area contributed by atoms with E-state index in [1.807, 2.05) is 24.3 Å². The van der Waals surface area contributed by atoms with Crippen LogP contribution >= 0.6 is 0 Å². The summed E-state index contributed by atoms with van der Waals surface area (Å²) in [6.07, 6.45) is 2.75. The minimum absolute atomic E-state index is 0.0949. The normalized spacial score (nSPS) is 9.95. The van der Waals surface area contributed by atoms with Crippen molar-refractivity contribution in [3.8, 4) is 11.5 Å². The number of rotatable bonds is 5. The van der Waals surface area contributed by atoms with Gasteiger partial charge in [0.2, 0.25) is 0 Å². The van der Waals surface area contributed by atoms with E-state index in [2.05, 4.69) is 4.98 Å². The summed E-state index contributed by atoms with van der Waals surface area (Å²) in [5.74, 6) is 0.103. The molecular formula is C14H13NO4. The van der Waals surface area contributed by atoms with E-state index in [0.717, 1.165) is 11.3 Å². The summed E-state index contributed by atoms with van der Waals surface area (Å²) in [6, 6.07) is 8.91. The summed E-state index contributed by atoms with van der Waals surface area (Å²) in [6.45, 7) is 0.286. The second-order valence-corrected chi connectivity index (χ2v) is 3.81. The first-order valence-electron chi connectivity index (χ1n) is 5.63. The fraction of sp³-hybridized carbons (Fsp3) is 0.143. The number of carbonyl (C=O) groups is 1. The summed E-state index contributed by atoms with van der Waals surface area (Å²) in [5.41, 5.74) is 0.975. The van der Waals surface area contributed by atoms with Gasteiger partial charge < -0.3 is 14.6 Å². The van der Waals surface area contributed by atoms with Crippen molar-refractivity contribution in [2.45, 2.75) is 6.61 Å². The highest BCUT2D eigenvalue weighted by atomic mass is 16.5. The average molecular weight is 259 g/mol. The number of ether oxygens (including phenoxy) is 2. The molecule has 0 fully saturated rings. The molecule has 0 spiro atoms. The fourth-order valence-corrected chi connectivity index (χ4v) is 1.60. The van der Waals surface area contributed by atoms with Crippen molar-refractivity contribution < 1.29 is 19.4 Å². The number of carboxylic acid groups (broad SMARTS) is 1. The van der Waals surface area contributed by atoms with Gasteiger partial charge in [0.15, 0.2) is 0 Å². The monoisotopic (exact) mass is 259 g/mol. The predicted molar refractivity (Wildman–Crippen MR) is 68.5 cm³/mol. The van der Waals surface area contributed by atoms with Gasteiger partial charge in [-0.05, 0) is 12.1 Å². The zero-order valence-corrected chi connectivity index (χ0v) is 10.4. The van der Waals surface area contributed by atoms with Crippen molar-refractivity contribution in [3.05, 3.63) is 53.9 Å². The molecule has 0 saturated carbocycles. The summed E-state index contributed by atoms with van der Waals surface area (Å²) in [4.78, 5) is 14.6. The molecule has 1 aromatic heterocycles. The van der Waals surface area contributed by atoms with E-state index in [1.165, 1.54) is 18.5 Å². The Labute approximate surface area is 110 Å². The van der Waals surface area contributed by atoms with Gasteiger partial charge in [0, 0.05) is 11.8 Å².